The summed E-state index contributed by atoms with van der Waals surface area (Å²) in [5, 5.41) is 9.00. The Labute approximate surface area is 59.6 Å². The molecule has 1 atom stereocenters. The molecule has 5 nitrogen and oxygen atoms in total. The van der Waals surface area contributed by atoms with Crippen molar-refractivity contribution in [2.75, 3.05) is 6.54 Å². The summed E-state index contributed by atoms with van der Waals surface area (Å²) < 4.78 is 29.1. The normalized spacial score (nSPS) is 18.4. The minimum absolute atomic E-state index is 0.123. The Hall–Kier alpha value is -0.170. The highest BCUT2D eigenvalue weighted by atomic mass is 32.2. The first-order chi connectivity index (χ1) is 4.37. The molecule has 0 aliphatic heterocycles. The molecule has 0 spiro atoms. The Morgan fingerprint density at radius 1 is 1.60 bits per heavy atom. The Morgan fingerprint density at radius 2 is 2.00 bits per heavy atom. The van der Waals surface area contributed by atoms with E-state index in [2.05, 4.69) is 0 Å². The van der Waals surface area contributed by atoms with Crippen molar-refractivity contribution in [2.24, 2.45) is 5.73 Å². The maximum atomic E-state index is 10.3. The molecule has 0 radical (unpaired) electrons. The summed E-state index contributed by atoms with van der Waals surface area (Å²) in [4.78, 5) is -2.17. The van der Waals surface area contributed by atoms with E-state index in [0.29, 0.717) is 0 Å². The molecular weight excluding hydrogens is 158 g/mol. The third kappa shape index (κ3) is 1.66. The van der Waals surface area contributed by atoms with Gasteiger partial charge in [-0.2, -0.15) is 8.42 Å². The van der Waals surface area contributed by atoms with Crippen LogP contribution in [0.4, 0.5) is 0 Å². The molecule has 0 saturated carbocycles. The molecule has 0 heterocycles. The molecule has 1 unspecified atom stereocenters. The smallest absolute Gasteiger partial charge is 0.296 e. The zero-order valence-electron chi connectivity index (χ0n) is 5.61. The molecule has 4 N–H and O–H groups in total. The summed E-state index contributed by atoms with van der Waals surface area (Å²) in [5.74, 6) is 0. The van der Waals surface area contributed by atoms with Crippen LogP contribution in [0.1, 0.15) is 13.3 Å². The number of rotatable bonds is 3. The quantitative estimate of drug-likeness (QED) is 0.467. The van der Waals surface area contributed by atoms with E-state index in [1.807, 2.05) is 0 Å². The number of aliphatic hydroxyl groups is 1. The molecule has 62 valence electrons. The lowest BCUT2D eigenvalue weighted by Crippen LogP contribution is -2.44. The second-order valence-electron chi connectivity index (χ2n) is 1.98. The van der Waals surface area contributed by atoms with E-state index in [0.717, 1.165) is 0 Å². The van der Waals surface area contributed by atoms with E-state index in [1.165, 1.54) is 6.92 Å². The molecule has 0 amide bonds. The standard InChI is InChI=1S/C4H11NO4S/c1-2-4(6,3-5)10(7,8)9/h6H,2-3,5H2,1H3,(H,7,8,9). The lowest BCUT2D eigenvalue weighted by atomic mass is 10.3. The predicted molar refractivity (Wildman–Crippen MR) is 35.8 cm³/mol. The van der Waals surface area contributed by atoms with E-state index in [1.54, 1.807) is 0 Å². The van der Waals surface area contributed by atoms with Gasteiger partial charge < -0.3 is 10.8 Å². The zero-order valence-corrected chi connectivity index (χ0v) is 6.43. The van der Waals surface area contributed by atoms with Crippen LogP contribution >= 0.6 is 0 Å². The molecule has 10 heavy (non-hydrogen) atoms. The van der Waals surface area contributed by atoms with E-state index >= 15 is 0 Å². The Morgan fingerprint density at radius 3 is 2.00 bits per heavy atom. The number of hydrogen-bond acceptors (Lipinski definition) is 4. The lowest BCUT2D eigenvalue weighted by molar-refractivity contribution is 0.117. The van der Waals surface area contributed by atoms with Crippen molar-refractivity contribution in [1.82, 2.24) is 0 Å². The zero-order chi connectivity index (χ0) is 8.41. The highest BCUT2D eigenvalue weighted by Gasteiger charge is 2.37. The van der Waals surface area contributed by atoms with Crippen molar-refractivity contribution in [3.63, 3.8) is 0 Å². The van der Waals surface area contributed by atoms with E-state index in [4.69, 9.17) is 15.4 Å². The maximum Gasteiger partial charge on any atom is 0.296 e. The van der Waals surface area contributed by atoms with Crippen LogP contribution in [0.3, 0.4) is 0 Å². The fraction of sp³-hybridized carbons (Fsp3) is 1.00. The molecule has 0 aliphatic rings. The average Bonchev–Trinajstić information content (AvgIpc) is 1.84. The van der Waals surface area contributed by atoms with Crippen LogP contribution in [-0.4, -0.2) is 29.6 Å². The van der Waals surface area contributed by atoms with Crippen molar-refractivity contribution in [2.45, 2.75) is 18.3 Å². The maximum absolute atomic E-state index is 10.3. The minimum atomic E-state index is -4.43. The lowest BCUT2D eigenvalue weighted by Gasteiger charge is -2.19. The second-order valence-corrected chi connectivity index (χ2v) is 3.69. The molecule has 0 fully saturated rings. The van der Waals surface area contributed by atoms with Crippen molar-refractivity contribution in [1.29, 1.82) is 0 Å². The van der Waals surface area contributed by atoms with Gasteiger partial charge in [0.25, 0.3) is 10.1 Å². The average molecular weight is 169 g/mol. The highest BCUT2D eigenvalue weighted by molar-refractivity contribution is 7.87. The van der Waals surface area contributed by atoms with Crippen LogP contribution in [0.15, 0.2) is 0 Å². The van der Waals surface area contributed by atoms with Gasteiger partial charge in [0.15, 0.2) is 0 Å². The van der Waals surface area contributed by atoms with E-state index in [9.17, 15) is 8.42 Å². The second kappa shape index (κ2) is 2.83. The van der Waals surface area contributed by atoms with Gasteiger partial charge in [-0.15, -0.1) is 0 Å². The first-order valence-corrected chi connectivity index (χ1v) is 4.21. The minimum Gasteiger partial charge on any atom is -0.371 e. The first kappa shape index (κ1) is 9.83. The van der Waals surface area contributed by atoms with Crippen LogP contribution < -0.4 is 5.73 Å². The number of nitrogens with two attached hydrogens (primary N) is 1. The van der Waals surface area contributed by atoms with Crippen LogP contribution in [0.5, 0.6) is 0 Å². The van der Waals surface area contributed by atoms with Crippen LogP contribution in [-0.2, 0) is 10.1 Å². The van der Waals surface area contributed by atoms with Gasteiger partial charge in [-0.1, -0.05) is 6.92 Å². The van der Waals surface area contributed by atoms with Gasteiger partial charge >= 0.3 is 0 Å². The molecule has 6 heteroatoms. The SMILES string of the molecule is CCC(O)(CN)S(=O)(=O)O. The van der Waals surface area contributed by atoms with E-state index < -0.39 is 21.6 Å². The molecule has 0 aromatic carbocycles. The monoisotopic (exact) mass is 169 g/mol. The Kier molecular flexibility index (Phi) is 2.78. The summed E-state index contributed by atoms with van der Waals surface area (Å²) in [6, 6.07) is 0. The van der Waals surface area contributed by atoms with Crippen LogP contribution in [0, 0.1) is 0 Å². The van der Waals surface area contributed by atoms with Crippen molar-refractivity contribution >= 4 is 10.1 Å². The van der Waals surface area contributed by atoms with Gasteiger partial charge in [0, 0.05) is 6.54 Å². The third-order valence-electron chi connectivity index (χ3n) is 1.35. The largest absolute Gasteiger partial charge is 0.371 e. The van der Waals surface area contributed by atoms with Crippen molar-refractivity contribution < 1.29 is 18.1 Å². The summed E-state index contributed by atoms with van der Waals surface area (Å²) in [6.45, 7) is 0.920. The summed E-state index contributed by atoms with van der Waals surface area (Å²) in [5.41, 5.74) is 4.91. The van der Waals surface area contributed by atoms with Gasteiger partial charge in [0.05, 0.1) is 0 Å². The highest BCUT2D eigenvalue weighted by Crippen LogP contribution is 2.14. The Bertz CT molecular complexity index is 193. The summed E-state index contributed by atoms with van der Waals surface area (Å²) in [6.07, 6.45) is -0.123. The fourth-order valence-corrected chi connectivity index (χ4v) is 1.01. The third-order valence-corrected chi connectivity index (χ3v) is 2.77. The molecule has 0 bridgehead atoms. The van der Waals surface area contributed by atoms with Crippen molar-refractivity contribution in [3.8, 4) is 0 Å². The summed E-state index contributed by atoms with van der Waals surface area (Å²) in [7, 11) is -4.43. The topological polar surface area (TPSA) is 101 Å². The van der Waals surface area contributed by atoms with Crippen LogP contribution in [0.2, 0.25) is 0 Å². The fourth-order valence-electron chi connectivity index (χ4n) is 0.432. The Balaban J connectivity index is 4.68. The van der Waals surface area contributed by atoms with Gasteiger partial charge in [0.1, 0.15) is 0 Å². The van der Waals surface area contributed by atoms with Crippen molar-refractivity contribution in [3.05, 3.63) is 0 Å². The van der Waals surface area contributed by atoms with Crippen LogP contribution in [0.25, 0.3) is 0 Å². The van der Waals surface area contributed by atoms with Gasteiger partial charge in [0.2, 0.25) is 4.93 Å². The molecule has 0 saturated heterocycles. The van der Waals surface area contributed by atoms with Gasteiger partial charge in [-0.25, -0.2) is 0 Å². The molecule has 0 aromatic heterocycles. The molecule has 0 aliphatic carbocycles. The van der Waals surface area contributed by atoms with Gasteiger partial charge in [-0.3, -0.25) is 4.55 Å². The first-order valence-electron chi connectivity index (χ1n) is 2.77. The molecule has 0 aromatic rings. The molecular formula is C4H11NO4S. The van der Waals surface area contributed by atoms with Gasteiger partial charge in [-0.05, 0) is 6.42 Å². The summed E-state index contributed by atoms with van der Waals surface area (Å²) >= 11 is 0. The van der Waals surface area contributed by atoms with E-state index in [-0.39, 0.29) is 6.42 Å². The predicted octanol–water partition coefficient (Wildman–Crippen LogP) is -1.07. The number of hydrogen-bond donors (Lipinski definition) is 3. The molecule has 0 rings (SSSR count).